The van der Waals surface area contributed by atoms with Gasteiger partial charge < -0.3 is 14.2 Å². The molecule has 3 rings (SSSR count). The van der Waals surface area contributed by atoms with Gasteiger partial charge in [0, 0.05) is 18.3 Å². The number of benzene rings is 1. The molecule has 0 bridgehead atoms. The number of ether oxygens (including phenoxy) is 1. The smallest absolute Gasteiger partial charge is 0.120 e. The van der Waals surface area contributed by atoms with Crippen molar-refractivity contribution in [3.63, 3.8) is 0 Å². The van der Waals surface area contributed by atoms with Gasteiger partial charge in [0.25, 0.3) is 0 Å². The van der Waals surface area contributed by atoms with Crippen molar-refractivity contribution in [2.45, 2.75) is 18.5 Å². The summed E-state index contributed by atoms with van der Waals surface area (Å²) in [5.41, 5.74) is 1.28. The van der Waals surface area contributed by atoms with Crippen molar-refractivity contribution in [2.24, 2.45) is 0 Å². The van der Waals surface area contributed by atoms with E-state index < -0.39 is 0 Å². The van der Waals surface area contributed by atoms with Crippen LogP contribution in [0, 0.1) is 0 Å². The van der Waals surface area contributed by atoms with Crippen LogP contribution in [0.1, 0.15) is 12.5 Å². The molecule has 0 amide bonds. The van der Waals surface area contributed by atoms with Crippen LogP contribution in [0.25, 0.3) is 10.9 Å². The van der Waals surface area contributed by atoms with Gasteiger partial charge in [-0.15, -0.1) is 0 Å². The monoisotopic (exact) mass is 230 g/mol. The highest BCUT2D eigenvalue weighted by molar-refractivity contribution is 5.82. The van der Waals surface area contributed by atoms with E-state index in [0.29, 0.717) is 12.1 Å². The third-order valence-electron chi connectivity index (χ3n) is 3.68. The minimum Gasteiger partial charge on any atom is -0.497 e. The second kappa shape index (κ2) is 3.77. The molecule has 3 heteroatoms. The van der Waals surface area contributed by atoms with Crippen molar-refractivity contribution in [3.05, 3.63) is 30.5 Å². The number of methoxy groups -OCH3 is 1. The largest absolute Gasteiger partial charge is 0.497 e. The zero-order chi connectivity index (χ0) is 12.0. The molecule has 17 heavy (non-hydrogen) atoms. The molecule has 2 atom stereocenters. The Morgan fingerprint density at radius 3 is 2.76 bits per heavy atom. The molecule has 1 heterocycles. The van der Waals surface area contributed by atoms with Crippen molar-refractivity contribution >= 4 is 10.9 Å². The zero-order valence-electron chi connectivity index (χ0n) is 10.6. The summed E-state index contributed by atoms with van der Waals surface area (Å²) in [6.45, 7) is 0. The summed E-state index contributed by atoms with van der Waals surface area (Å²) in [5.74, 6) is 0.930. The summed E-state index contributed by atoms with van der Waals surface area (Å²) >= 11 is 0. The van der Waals surface area contributed by atoms with Crippen LogP contribution in [0.2, 0.25) is 0 Å². The Kier molecular flexibility index (Phi) is 2.37. The van der Waals surface area contributed by atoms with Gasteiger partial charge in [0.05, 0.1) is 18.7 Å². The molecule has 3 nitrogen and oxygen atoms in total. The minimum atomic E-state index is 0.620. The molecule has 1 aliphatic carbocycles. The summed E-state index contributed by atoms with van der Waals surface area (Å²) in [4.78, 5) is 2.30. The molecule has 0 radical (unpaired) electrons. The molecular formula is C14H18N2O. The van der Waals surface area contributed by atoms with Gasteiger partial charge in [-0.05, 0) is 44.1 Å². The van der Waals surface area contributed by atoms with E-state index in [-0.39, 0.29) is 0 Å². The summed E-state index contributed by atoms with van der Waals surface area (Å²) in [7, 11) is 6.02. The summed E-state index contributed by atoms with van der Waals surface area (Å²) < 4.78 is 7.67. The van der Waals surface area contributed by atoms with Crippen LogP contribution in [0.4, 0.5) is 0 Å². The van der Waals surface area contributed by atoms with Gasteiger partial charge in [-0.1, -0.05) is 0 Å². The van der Waals surface area contributed by atoms with Crippen molar-refractivity contribution in [2.75, 3.05) is 21.2 Å². The molecule has 0 aliphatic heterocycles. The molecule has 0 saturated heterocycles. The third kappa shape index (κ3) is 1.71. The maximum absolute atomic E-state index is 5.30. The standard InChI is InChI=1S/C14H18N2O/c1-15(2)13-9-14(13)16-7-6-10-4-5-11(17-3)8-12(10)16/h4-8,13-14H,9H2,1-3H3/t13?,14-/m0/s1. The first-order valence-electron chi connectivity index (χ1n) is 6.01. The number of nitrogens with zero attached hydrogens (tertiary/aromatic N) is 2. The first-order valence-corrected chi connectivity index (χ1v) is 6.01. The maximum atomic E-state index is 5.30. The second-order valence-electron chi connectivity index (χ2n) is 4.98. The van der Waals surface area contributed by atoms with Crippen LogP contribution in [0.5, 0.6) is 5.75 Å². The van der Waals surface area contributed by atoms with Gasteiger partial charge in [-0.3, -0.25) is 0 Å². The predicted molar refractivity (Wildman–Crippen MR) is 69.6 cm³/mol. The lowest BCUT2D eigenvalue weighted by Gasteiger charge is -2.10. The second-order valence-corrected chi connectivity index (χ2v) is 4.98. The molecule has 90 valence electrons. The molecule has 1 aromatic carbocycles. The number of aromatic nitrogens is 1. The number of fused-ring (bicyclic) bond motifs is 1. The van der Waals surface area contributed by atoms with Gasteiger partial charge >= 0.3 is 0 Å². The Morgan fingerprint density at radius 2 is 2.12 bits per heavy atom. The molecule has 1 unspecified atom stereocenters. The predicted octanol–water partition coefficient (Wildman–Crippen LogP) is 2.52. The van der Waals surface area contributed by atoms with Gasteiger partial charge in [0.2, 0.25) is 0 Å². The fourth-order valence-corrected chi connectivity index (χ4v) is 2.57. The molecule has 1 fully saturated rings. The van der Waals surface area contributed by atoms with Crippen LogP contribution in [-0.2, 0) is 0 Å². The highest BCUT2D eigenvalue weighted by Gasteiger charge is 2.40. The maximum Gasteiger partial charge on any atom is 0.120 e. The Labute approximate surface area is 102 Å². The molecule has 1 aromatic heterocycles. The van der Waals surface area contributed by atoms with Crippen LogP contribution in [0.3, 0.4) is 0 Å². The van der Waals surface area contributed by atoms with Crippen LogP contribution in [-0.4, -0.2) is 36.7 Å². The average Bonchev–Trinajstić information content (AvgIpc) is 3.02. The Bertz CT molecular complexity index is 544. The zero-order valence-corrected chi connectivity index (χ0v) is 10.6. The molecule has 0 N–H and O–H groups in total. The van der Waals surface area contributed by atoms with Gasteiger partial charge in [0.15, 0.2) is 0 Å². The van der Waals surface area contributed by atoms with Crippen LogP contribution in [0.15, 0.2) is 30.5 Å². The van der Waals surface area contributed by atoms with Gasteiger partial charge in [-0.2, -0.15) is 0 Å². The first kappa shape index (κ1) is 10.7. The number of hydrogen-bond acceptors (Lipinski definition) is 2. The molecular weight excluding hydrogens is 212 g/mol. The van der Waals surface area contributed by atoms with Crippen molar-refractivity contribution in [1.82, 2.24) is 9.47 Å². The molecule has 2 aromatic rings. The summed E-state index contributed by atoms with van der Waals surface area (Å²) in [5, 5.41) is 1.29. The number of rotatable bonds is 3. The molecule has 1 saturated carbocycles. The Hall–Kier alpha value is -1.48. The quantitative estimate of drug-likeness (QED) is 0.806. The van der Waals surface area contributed by atoms with E-state index in [4.69, 9.17) is 4.74 Å². The van der Waals surface area contributed by atoms with E-state index >= 15 is 0 Å². The van der Waals surface area contributed by atoms with Gasteiger partial charge in [-0.25, -0.2) is 0 Å². The van der Waals surface area contributed by atoms with Crippen molar-refractivity contribution in [1.29, 1.82) is 0 Å². The Morgan fingerprint density at radius 1 is 1.29 bits per heavy atom. The molecule has 1 aliphatic rings. The van der Waals surface area contributed by atoms with Crippen LogP contribution >= 0.6 is 0 Å². The number of likely N-dealkylation sites (N-methyl/N-ethyl adjacent to an activating group) is 1. The highest BCUT2D eigenvalue weighted by atomic mass is 16.5. The van der Waals surface area contributed by atoms with Crippen molar-refractivity contribution in [3.8, 4) is 5.75 Å². The average molecular weight is 230 g/mol. The fourth-order valence-electron chi connectivity index (χ4n) is 2.57. The molecule has 0 spiro atoms. The number of hydrogen-bond donors (Lipinski definition) is 0. The lowest BCUT2D eigenvalue weighted by molar-refractivity contribution is 0.377. The lowest BCUT2D eigenvalue weighted by atomic mass is 10.2. The third-order valence-corrected chi connectivity index (χ3v) is 3.68. The van der Waals surface area contributed by atoms with E-state index in [1.807, 2.05) is 6.07 Å². The van der Waals surface area contributed by atoms with Gasteiger partial charge in [0.1, 0.15) is 5.75 Å². The topological polar surface area (TPSA) is 17.4 Å². The van der Waals surface area contributed by atoms with E-state index in [2.05, 4.69) is 48.0 Å². The SMILES string of the molecule is COc1ccc2ccn([C@H]3CC3N(C)C)c2c1. The summed E-state index contributed by atoms with van der Waals surface area (Å²) in [6, 6.07) is 9.74. The van der Waals surface area contributed by atoms with E-state index in [1.165, 1.54) is 17.3 Å². The van der Waals surface area contributed by atoms with Crippen LogP contribution < -0.4 is 4.74 Å². The highest BCUT2D eigenvalue weighted by Crippen LogP contribution is 2.41. The van der Waals surface area contributed by atoms with E-state index in [0.717, 1.165) is 5.75 Å². The fraction of sp³-hybridized carbons (Fsp3) is 0.429. The lowest BCUT2D eigenvalue weighted by Crippen LogP contribution is -2.17. The van der Waals surface area contributed by atoms with E-state index in [9.17, 15) is 0 Å². The minimum absolute atomic E-state index is 0.620. The van der Waals surface area contributed by atoms with Crippen molar-refractivity contribution < 1.29 is 4.74 Å². The normalized spacial score (nSPS) is 23.3. The Balaban J connectivity index is 2.00. The first-order chi connectivity index (χ1) is 8.20. The summed E-state index contributed by atoms with van der Waals surface area (Å²) in [6.07, 6.45) is 3.44. The van der Waals surface area contributed by atoms with E-state index in [1.54, 1.807) is 7.11 Å².